The number of benzene rings is 2. The van der Waals surface area contributed by atoms with E-state index in [2.05, 4.69) is 17.4 Å². The van der Waals surface area contributed by atoms with Crippen LogP contribution < -0.4 is 10.1 Å². The maximum Gasteiger partial charge on any atom is 0.129 e. The Labute approximate surface area is 127 Å². The molecule has 21 heavy (non-hydrogen) atoms. The van der Waals surface area contributed by atoms with Gasteiger partial charge in [-0.1, -0.05) is 43.5 Å². The lowest BCUT2D eigenvalue weighted by atomic mass is 9.89. The lowest BCUT2D eigenvalue weighted by molar-refractivity contribution is 0.373. The van der Waals surface area contributed by atoms with E-state index < -0.39 is 0 Å². The molecule has 1 aliphatic rings. The molecule has 2 heteroatoms. The predicted molar refractivity (Wildman–Crippen MR) is 88.0 cm³/mol. The summed E-state index contributed by atoms with van der Waals surface area (Å²) >= 11 is 0. The van der Waals surface area contributed by atoms with Crippen LogP contribution in [0.4, 0.5) is 5.69 Å². The van der Waals surface area contributed by atoms with Crippen molar-refractivity contribution < 1.29 is 4.74 Å². The number of hydrogen-bond acceptors (Lipinski definition) is 2. The van der Waals surface area contributed by atoms with Gasteiger partial charge < -0.3 is 10.1 Å². The molecule has 1 N–H and O–H groups in total. The molecule has 0 atom stereocenters. The van der Waals surface area contributed by atoms with Crippen LogP contribution in [0.2, 0.25) is 0 Å². The second-order valence-electron chi connectivity index (χ2n) is 5.83. The average Bonchev–Trinajstić information content (AvgIpc) is 2.55. The summed E-state index contributed by atoms with van der Waals surface area (Å²) in [5.74, 6) is 2.59. The van der Waals surface area contributed by atoms with E-state index in [0.717, 1.165) is 29.6 Å². The van der Waals surface area contributed by atoms with E-state index >= 15 is 0 Å². The molecule has 3 rings (SSSR count). The molecule has 2 aromatic rings. The van der Waals surface area contributed by atoms with E-state index in [-0.39, 0.29) is 0 Å². The van der Waals surface area contributed by atoms with Crippen LogP contribution in [0.5, 0.6) is 11.5 Å². The van der Waals surface area contributed by atoms with E-state index in [1.807, 2.05) is 42.5 Å². The standard InChI is InChI=1S/C19H23NO/c1-3-8-16(9-4-1)15-20-17-10-7-13-19(14-17)21-18-11-5-2-6-12-18/h2,5-7,10-14,16,20H,1,3-4,8-9,15H2. The van der Waals surface area contributed by atoms with E-state index in [1.54, 1.807) is 0 Å². The highest BCUT2D eigenvalue weighted by atomic mass is 16.5. The van der Waals surface area contributed by atoms with Crippen molar-refractivity contribution in [1.82, 2.24) is 0 Å². The van der Waals surface area contributed by atoms with Gasteiger partial charge in [-0.3, -0.25) is 0 Å². The molecule has 2 aromatic carbocycles. The molecule has 1 fully saturated rings. The van der Waals surface area contributed by atoms with Crippen molar-refractivity contribution in [2.75, 3.05) is 11.9 Å². The van der Waals surface area contributed by atoms with Crippen LogP contribution in [0, 0.1) is 5.92 Å². The third kappa shape index (κ3) is 4.25. The average molecular weight is 281 g/mol. The van der Waals surface area contributed by atoms with Gasteiger partial charge in [0, 0.05) is 18.3 Å². The first-order valence-electron chi connectivity index (χ1n) is 7.97. The fourth-order valence-corrected chi connectivity index (χ4v) is 2.95. The zero-order valence-corrected chi connectivity index (χ0v) is 12.4. The van der Waals surface area contributed by atoms with Crippen LogP contribution in [-0.4, -0.2) is 6.54 Å². The van der Waals surface area contributed by atoms with Crippen LogP contribution in [0.25, 0.3) is 0 Å². The van der Waals surface area contributed by atoms with Gasteiger partial charge in [-0.15, -0.1) is 0 Å². The van der Waals surface area contributed by atoms with Gasteiger partial charge >= 0.3 is 0 Å². The minimum atomic E-state index is 0.831. The Morgan fingerprint density at radius 1 is 0.857 bits per heavy atom. The van der Waals surface area contributed by atoms with E-state index in [1.165, 1.54) is 32.1 Å². The van der Waals surface area contributed by atoms with Crippen molar-refractivity contribution in [3.8, 4) is 11.5 Å². The third-order valence-corrected chi connectivity index (χ3v) is 4.13. The van der Waals surface area contributed by atoms with E-state index in [0.29, 0.717) is 0 Å². The van der Waals surface area contributed by atoms with Gasteiger partial charge in [-0.25, -0.2) is 0 Å². The predicted octanol–water partition coefficient (Wildman–Crippen LogP) is 5.47. The van der Waals surface area contributed by atoms with Crippen molar-refractivity contribution in [2.24, 2.45) is 5.92 Å². The minimum absolute atomic E-state index is 0.831. The zero-order chi connectivity index (χ0) is 14.3. The molecule has 110 valence electrons. The summed E-state index contributed by atoms with van der Waals surface area (Å²) in [4.78, 5) is 0. The number of ether oxygens (including phenoxy) is 1. The van der Waals surface area contributed by atoms with E-state index in [4.69, 9.17) is 4.74 Å². The molecular weight excluding hydrogens is 258 g/mol. The van der Waals surface area contributed by atoms with Gasteiger partial charge in [0.2, 0.25) is 0 Å². The summed E-state index contributed by atoms with van der Waals surface area (Å²) in [5, 5.41) is 3.56. The second-order valence-corrected chi connectivity index (χ2v) is 5.83. The maximum absolute atomic E-state index is 5.87. The highest BCUT2D eigenvalue weighted by molar-refractivity contribution is 5.49. The molecule has 0 unspecified atom stereocenters. The Morgan fingerprint density at radius 2 is 1.62 bits per heavy atom. The summed E-state index contributed by atoms with van der Waals surface area (Å²) in [6.45, 7) is 1.08. The van der Waals surface area contributed by atoms with Gasteiger partial charge in [0.25, 0.3) is 0 Å². The normalized spacial score (nSPS) is 15.6. The topological polar surface area (TPSA) is 21.3 Å². The van der Waals surface area contributed by atoms with Gasteiger partial charge in [-0.2, -0.15) is 0 Å². The van der Waals surface area contributed by atoms with Crippen molar-refractivity contribution in [1.29, 1.82) is 0 Å². The fraction of sp³-hybridized carbons (Fsp3) is 0.368. The molecule has 0 amide bonds. The minimum Gasteiger partial charge on any atom is -0.457 e. The van der Waals surface area contributed by atoms with Gasteiger partial charge in [-0.05, 0) is 43.0 Å². The van der Waals surface area contributed by atoms with Crippen molar-refractivity contribution >= 4 is 5.69 Å². The molecule has 0 radical (unpaired) electrons. The Morgan fingerprint density at radius 3 is 2.43 bits per heavy atom. The van der Waals surface area contributed by atoms with Crippen molar-refractivity contribution in [3.05, 3.63) is 54.6 Å². The SMILES string of the molecule is c1ccc(Oc2cccc(NCC3CCCCC3)c2)cc1. The summed E-state index contributed by atoms with van der Waals surface area (Å²) in [5.41, 5.74) is 1.15. The second kappa shape index (κ2) is 7.16. The highest BCUT2D eigenvalue weighted by Crippen LogP contribution is 2.26. The Hall–Kier alpha value is -1.96. The number of anilines is 1. The van der Waals surface area contributed by atoms with Crippen LogP contribution in [0.3, 0.4) is 0 Å². The molecule has 0 spiro atoms. The Kier molecular flexibility index (Phi) is 4.78. The summed E-state index contributed by atoms with van der Waals surface area (Å²) in [7, 11) is 0. The van der Waals surface area contributed by atoms with Gasteiger partial charge in [0.05, 0.1) is 0 Å². The highest BCUT2D eigenvalue weighted by Gasteiger charge is 2.12. The number of para-hydroxylation sites is 1. The Bertz CT molecular complexity index is 547. The van der Waals surface area contributed by atoms with Gasteiger partial charge in [0.15, 0.2) is 0 Å². The van der Waals surface area contributed by atoms with Crippen LogP contribution in [-0.2, 0) is 0 Å². The number of rotatable bonds is 5. The van der Waals surface area contributed by atoms with Crippen LogP contribution in [0.1, 0.15) is 32.1 Å². The molecular formula is C19H23NO. The third-order valence-electron chi connectivity index (χ3n) is 4.13. The quantitative estimate of drug-likeness (QED) is 0.784. The first kappa shape index (κ1) is 14.0. The molecule has 2 nitrogen and oxygen atoms in total. The zero-order valence-electron chi connectivity index (χ0n) is 12.4. The molecule has 1 saturated carbocycles. The monoisotopic (exact) mass is 281 g/mol. The molecule has 0 aliphatic heterocycles. The first-order chi connectivity index (χ1) is 10.4. The molecule has 1 aliphatic carbocycles. The number of hydrogen-bond donors (Lipinski definition) is 1. The summed E-state index contributed by atoms with van der Waals surface area (Å²) in [6, 6.07) is 18.1. The van der Waals surface area contributed by atoms with Crippen molar-refractivity contribution in [3.63, 3.8) is 0 Å². The molecule has 0 bridgehead atoms. The van der Waals surface area contributed by atoms with Crippen LogP contribution in [0.15, 0.2) is 54.6 Å². The van der Waals surface area contributed by atoms with Crippen LogP contribution >= 0.6 is 0 Å². The first-order valence-corrected chi connectivity index (χ1v) is 7.97. The fourth-order valence-electron chi connectivity index (χ4n) is 2.95. The number of nitrogens with one attached hydrogen (secondary N) is 1. The van der Waals surface area contributed by atoms with Gasteiger partial charge in [0.1, 0.15) is 11.5 Å². The summed E-state index contributed by atoms with van der Waals surface area (Å²) in [6.07, 6.45) is 6.93. The summed E-state index contributed by atoms with van der Waals surface area (Å²) < 4.78 is 5.87. The van der Waals surface area contributed by atoms with E-state index in [9.17, 15) is 0 Å². The lowest BCUT2D eigenvalue weighted by Gasteiger charge is -2.22. The molecule has 0 heterocycles. The maximum atomic E-state index is 5.87. The smallest absolute Gasteiger partial charge is 0.129 e. The van der Waals surface area contributed by atoms with Crippen molar-refractivity contribution in [2.45, 2.75) is 32.1 Å². The largest absolute Gasteiger partial charge is 0.457 e. The molecule has 0 saturated heterocycles. The Balaban J connectivity index is 1.57. The lowest BCUT2D eigenvalue weighted by Crippen LogP contribution is -2.17. The molecule has 0 aromatic heterocycles.